The van der Waals surface area contributed by atoms with Crippen molar-refractivity contribution in [1.82, 2.24) is 5.01 Å². The fourth-order valence-corrected chi connectivity index (χ4v) is 4.33. The second-order valence-electron chi connectivity index (χ2n) is 7.68. The third kappa shape index (κ3) is 5.16. The number of anilines is 2. The molecule has 1 aliphatic heterocycles. The van der Waals surface area contributed by atoms with E-state index in [-0.39, 0.29) is 11.8 Å². The Morgan fingerprint density at radius 3 is 2.48 bits per heavy atom. The first-order chi connectivity index (χ1) is 14.9. The van der Waals surface area contributed by atoms with Crippen LogP contribution in [0.5, 0.6) is 0 Å². The quantitative estimate of drug-likeness (QED) is 0.462. The third-order valence-corrected chi connectivity index (χ3v) is 6.36. The molecule has 1 N–H and O–H groups in total. The maximum atomic E-state index is 13.0. The van der Waals surface area contributed by atoms with E-state index in [4.69, 9.17) is 34.8 Å². The number of aryl methyl sites for hydroxylation is 1. The molecule has 1 saturated heterocycles. The summed E-state index contributed by atoms with van der Waals surface area (Å²) in [6.07, 6.45) is 0. The average molecular weight is 475 g/mol. The first-order valence-electron chi connectivity index (χ1n) is 9.99. The minimum Gasteiger partial charge on any atom is -0.326 e. The molecule has 160 valence electrons. The summed E-state index contributed by atoms with van der Waals surface area (Å²) in [7, 11) is 0. The summed E-state index contributed by atoms with van der Waals surface area (Å²) in [5.41, 5.74) is 3.77. The highest BCUT2D eigenvalue weighted by atomic mass is 35.5. The van der Waals surface area contributed by atoms with E-state index in [0.717, 1.165) is 22.5 Å². The molecule has 4 rings (SSSR count). The van der Waals surface area contributed by atoms with Crippen molar-refractivity contribution in [2.45, 2.75) is 13.5 Å². The van der Waals surface area contributed by atoms with Gasteiger partial charge in [-0.05, 0) is 48.9 Å². The van der Waals surface area contributed by atoms with Crippen LogP contribution in [0, 0.1) is 12.8 Å². The Labute approximate surface area is 197 Å². The van der Waals surface area contributed by atoms with E-state index in [1.54, 1.807) is 6.07 Å². The number of carbonyl (C=O) groups is 1. The fraction of sp³-hybridized carbons (Fsp3) is 0.208. The van der Waals surface area contributed by atoms with Crippen molar-refractivity contribution < 1.29 is 4.79 Å². The van der Waals surface area contributed by atoms with Gasteiger partial charge in [-0.25, -0.2) is 5.01 Å². The standard InChI is InChI=1S/C24H22Cl3N3O/c1-16-8-10-20(11-9-16)28-24(31)18-14-29(13-17-4-2-5-19(25)12-17)30(15-18)22-7-3-6-21(26)23(22)27/h2-12,18H,13-15H2,1H3,(H,28,31). The lowest BCUT2D eigenvalue weighted by Crippen LogP contribution is -2.36. The molecule has 1 amide bonds. The van der Waals surface area contributed by atoms with Gasteiger partial charge in [-0.3, -0.25) is 4.79 Å². The van der Waals surface area contributed by atoms with E-state index in [9.17, 15) is 4.79 Å². The minimum absolute atomic E-state index is 0.0272. The monoisotopic (exact) mass is 473 g/mol. The van der Waals surface area contributed by atoms with Gasteiger partial charge in [0.05, 0.1) is 21.7 Å². The Kier molecular flexibility index (Phi) is 6.73. The molecule has 0 spiro atoms. The van der Waals surface area contributed by atoms with Crippen LogP contribution in [0.2, 0.25) is 15.1 Å². The van der Waals surface area contributed by atoms with Crippen molar-refractivity contribution in [3.8, 4) is 0 Å². The first kappa shape index (κ1) is 22.0. The maximum absolute atomic E-state index is 13.0. The van der Waals surface area contributed by atoms with E-state index in [1.165, 1.54) is 0 Å². The van der Waals surface area contributed by atoms with E-state index in [2.05, 4.69) is 10.3 Å². The topological polar surface area (TPSA) is 35.6 Å². The number of halogens is 3. The van der Waals surface area contributed by atoms with Crippen LogP contribution in [0.25, 0.3) is 0 Å². The number of hydrogen-bond donors (Lipinski definition) is 1. The zero-order chi connectivity index (χ0) is 22.0. The van der Waals surface area contributed by atoms with Gasteiger partial charge >= 0.3 is 0 Å². The summed E-state index contributed by atoms with van der Waals surface area (Å²) < 4.78 is 0. The molecule has 3 aromatic carbocycles. The number of rotatable bonds is 5. The van der Waals surface area contributed by atoms with E-state index in [1.807, 2.05) is 72.6 Å². The van der Waals surface area contributed by atoms with Crippen LogP contribution in [0.1, 0.15) is 11.1 Å². The van der Waals surface area contributed by atoms with Crippen molar-refractivity contribution in [3.05, 3.63) is 92.9 Å². The molecule has 4 nitrogen and oxygen atoms in total. The van der Waals surface area contributed by atoms with Gasteiger partial charge in [0.15, 0.2) is 0 Å². The largest absolute Gasteiger partial charge is 0.326 e. The Bertz CT molecular complexity index is 1090. The number of hydrazine groups is 1. The molecular weight excluding hydrogens is 453 g/mol. The maximum Gasteiger partial charge on any atom is 0.230 e. The van der Waals surface area contributed by atoms with Crippen molar-refractivity contribution >= 4 is 52.1 Å². The van der Waals surface area contributed by atoms with Crippen molar-refractivity contribution in [3.63, 3.8) is 0 Å². The highest BCUT2D eigenvalue weighted by molar-refractivity contribution is 6.43. The molecule has 0 aromatic heterocycles. The smallest absolute Gasteiger partial charge is 0.230 e. The lowest BCUT2D eigenvalue weighted by Gasteiger charge is -2.30. The van der Waals surface area contributed by atoms with Crippen molar-refractivity contribution in [2.75, 3.05) is 23.4 Å². The van der Waals surface area contributed by atoms with Gasteiger partial charge in [0.1, 0.15) is 0 Å². The number of carbonyl (C=O) groups excluding carboxylic acids is 1. The summed E-state index contributed by atoms with van der Waals surface area (Å²) in [6, 6.07) is 21.0. The molecule has 0 bridgehead atoms. The van der Waals surface area contributed by atoms with E-state index < -0.39 is 0 Å². The average Bonchev–Trinajstić information content (AvgIpc) is 3.15. The summed E-state index contributed by atoms with van der Waals surface area (Å²) in [5, 5.41) is 8.81. The van der Waals surface area contributed by atoms with E-state index in [0.29, 0.717) is 34.7 Å². The summed E-state index contributed by atoms with van der Waals surface area (Å²) in [5.74, 6) is -0.267. The summed E-state index contributed by atoms with van der Waals surface area (Å²) in [6.45, 7) is 3.66. The molecule has 1 fully saturated rings. The van der Waals surface area contributed by atoms with Crippen LogP contribution < -0.4 is 10.3 Å². The third-order valence-electron chi connectivity index (χ3n) is 5.32. The van der Waals surface area contributed by atoms with Gasteiger partial charge in [-0.2, -0.15) is 0 Å². The van der Waals surface area contributed by atoms with Crippen LogP contribution >= 0.6 is 34.8 Å². The molecule has 1 atom stereocenters. The normalized spacial score (nSPS) is 16.5. The molecule has 1 unspecified atom stereocenters. The zero-order valence-corrected chi connectivity index (χ0v) is 19.3. The lowest BCUT2D eigenvalue weighted by molar-refractivity contribution is -0.119. The van der Waals surface area contributed by atoms with Crippen LogP contribution in [-0.2, 0) is 11.3 Å². The van der Waals surface area contributed by atoms with Gasteiger partial charge in [0.25, 0.3) is 0 Å². The van der Waals surface area contributed by atoms with Crippen LogP contribution in [-0.4, -0.2) is 24.0 Å². The van der Waals surface area contributed by atoms with Gasteiger partial charge in [-0.15, -0.1) is 0 Å². The van der Waals surface area contributed by atoms with Crippen molar-refractivity contribution in [2.24, 2.45) is 5.92 Å². The molecule has 0 radical (unpaired) electrons. The van der Waals surface area contributed by atoms with Crippen LogP contribution in [0.3, 0.4) is 0 Å². The molecule has 0 saturated carbocycles. The molecule has 1 heterocycles. The van der Waals surface area contributed by atoms with Crippen LogP contribution in [0.4, 0.5) is 11.4 Å². The minimum atomic E-state index is -0.240. The zero-order valence-electron chi connectivity index (χ0n) is 17.0. The molecule has 7 heteroatoms. The summed E-state index contributed by atoms with van der Waals surface area (Å²) >= 11 is 19.0. The molecular formula is C24H22Cl3N3O. The Morgan fingerprint density at radius 2 is 1.74 bits per heavy atom. The number of nitrogens with one attached hydrogen (secondary N) is 1. The first-order valence-corrected chi connectivity index (χ1v) is 11.1. The van der Waals surface area contributed by atoms with Gasteiger partial charge in [0.2, 0.25) is 5.91 Å². The highest BCUT2D eigenvalue weighted by Gasteiger charge is 2.36. The number of nitrogens with zero attached hydrogens (tertiary/aromatic N) is 2. The fourth-order valence-electron chi connectivity index (χ4n) is 3.72. The Balaban J connectivity index is 1.58. The second-order valence-corrected chi connectivity index (χ2v) is 8.91. The SMILES string of the molecule is Cc1ccc(NC(=O)C2CN(Cc3cccc(Cl)c3)N(c3cccc(Cl)c3Cl)C2)cc1. The Hall–Kier alpha value is -2.24. The van der Waals surface area contributed by atoms with E-state index >= 15 is 0 Å². The Morgan fingerprint density at radius 1 is 1.00 bits per heavy atom. The predicted molar refractivity (Wildman–Crippen MR) is 129 cm³/mol. The molecule has 1 aliphatic rings. The van der Waals surface area contributed by atoms with Crippen molar-refractivity contribution in [1.29, 1.82) is 0 Å². The molecule has 31 heavy (non-hydrogen) atoms. The predicted octanol–water partition coefficient (Wildman–Crippen LogP) is 6.45. The van der Waals surface area contributed by atoms with Gasteiger partial charge in [-0.1, -0.05) is 70.7 Å². The van der Waals surface area contributed by atoms with Gasteiger partial charge < -0.3 is 10.3 Å². The number of amides is 1. The lowest BCUT2D eigenvalue weighted by atomic mass is 10.1. The highest BCUT2D eigenvalue weighted by Crippen LogP contribution is 2.36. The number of hydrogen-bond acceptors (Lipinski definition) is 3. The molecule has 0 aliphatic carbocycles. The number of benzene rings is 3. The van der Waals surface area contributed by atoms with Gasteiger partial charge in [0, 0.05) is 30.3 Å². The van der Waals surface area contributed by atoms with Crippen LogP contribution in [0.15, 0.2) is 66.7 Å². The summed E-state index contributed by atoms with van der Waals surface area (Å²) in [4.78, 5) is 13.0. The second kappa shape index (κ2) is 9.49. The molecule has 3 aromatic rings.